The molecule has 0 spiro atoms. The van der Waals surface area contributed by atoms with E-state index in [0.717, 1.165) is 0 Å². The molecule has 2 aromatic rings. The number of hydrogen-bond acceptors (Lipinski definition) is 6. The largest absolute Gasteiger partial charge is 0.465 e. The van der Waals surface area contributed by atoms with Crippen molar-refractivity contribution in [3.05, 3.63) is 53.6 Å². The van der Waals surface area contributed by atoms with E-state index in [1.54, 1.807) is 42.7 Å². The van der Waals surface area contributed by atoms with Crippen molar-refractivity contribution in [2.24, 2.45) is 0 Å². The summed E-state index contributed by atoms with van der Waals surface area (Å²) >= 11 is 6.43. The van der Waals surface area contributed by atoms with Crippen LogP contribution < -0.4 is 5.32 Å². The van der Waals surface area contributed by atoms with E-state index >= 15 is 0 Å². The lowest BCUT2D eigenvalue weighted by Gasteiger charge is -2.14. The van der Waals surface area contributed by atoms with Crippen molar-refractivity contribution < 1.29 is 14.0 Å². The monoisotopic (exact) mass is 359 g/mol. The van der Waals surface area contributed by atoms with Gasteiger partial charge in [-0.1, -0.05) is 24.0 Å². The topological polar surface area (TPSA) is 75.4 Å². The van der Waals surface area contributed by atoms with E-state index in [-0.39, 0.29) is 24.8 Å². The number of thioether (sulfide) groups is 1. The van der Waals surface area contributed by atoms with Crippen LogP contribution in [0, 0.1) is 0 Å². The molecule has 1 fully saturated rings. The molecule has 0 saturated carbocycles. The summed E-state index contributed by atoms with van der Waals surface area (Å²) in [5.41, 5.74) is 0.616. The normalized spacial score (nSPS) is 16.0. The Morgan fingerprint density at radius 3 is 3.00 bits per heavy atom. The number of aromatic nitrogens is 1. The van der Waals surface area contributed by atoms with Crippen molar-refractivity contribution in [1.82, 2.24) is 9.88 Å². The first-order chi connectivity index (χ1) is 11.6. The minimum atomic E-state index is -0.212. The maximum atomic E-state index is 12.4. The van der Waals surface area contributed by atoms with E-state index in [9.17, 15) is 9.59 Å². The molecule has 0 atom stereocenters. The maximum absolute atomic E-state index is 12.4. The van der Waals surface area contributed by atoms with Gasteiger partial charge in [0.2, 0.25) is 5.91 Å². The molecule has 24 heavy (non-hydrogen) atoms. The van der Waals surface area contributed by atoms with E-state index in [0.29, 0.717) is 20.7 Å². The molecule has 3 rings (SSSR count). The van der Waals surface area contributed by atoms with Crippen molar-refractivity contribution in [2.45, 2.75) is 6.42 Å². The Labute approximate surface area is 147 Å². The zero-order valence-electron chi connectivity index (χ0n) is 12.5. The number of pyridine rings is 1. The van der Waals surface area contributed by atoms with Crippen LogP contribution in [-0.4, -0.2) is 32.6 Å². The third kappa shape index (κ3) is 3.90. The highest BCUT2D eigenvalue weighted by molar-refractivity contribution is 8.26. The van der Waals surface area contributed by atoms with Crippen LogP contribution >= 0.6 is 24.0 Å². The minimum Gasteiger partial charge on any atom is -0.465 e. The third-order valence-corrected chi connectivity index (χ3v) is 4.58. The van der Waals surface area contributed by atoms with Crippen LogP contribution in [-0.2, 0) is 9.59 Å². The molecule has 6 nitrogen and oxygen atoms in total. The second kappa shape index (κ2) is 7.41. The van der Waals surface area contributed by atoms with Crippen LogP contribution in [0.5, 0.6) is 0 Å². The highest BCUT2D eigenvalue weighted by atomic mass is 32.2. The first-order valence-electron chi connectivity index (χ1n) is 7.12. The molecule has 2 amide bonds. The van der Waals surface area contributed by atoms with Crippen LogP contribution in [0.4, 0.5) is 5.69 Å². The maximum Gasteiger partial charge on any atom is 0.266 e. The molecule has 1 N–H and O–H groups in total. The molecule has 1 aliphatic heterocycles. The lowest BCUT2D eigenvalue weighted by atomic mass is 10.3. The molecule has 0 aromatic carbocycles. The summed E-state index contributed by atoms with van der Waals surface area (Å²) in [5.74, 6) is 0.174. The summed E-state index contributed by atoms with van der Waals surface area (Å²) in [6.07, 6.45) is 6.52. The number of furan rings is 1. The molecule has 0 aliphatic carbocycles. The second-order valence-corrected chi connectivity index (χ2v) is 6.56. The average Bonchev–Trinajstić information content (AvgIpc) is 3.16. The van der Waals surface area contributed by atoms with Crippen molar-refractivity contribution in [3.63, 3.8) is 0 Å². The fraction of sp³-hybridized carbons (Fsp3) is 0.125. The van der Waals surface area contributed by atoms with Gasteiger partial charge in [0, 0.05) is 25.2 Å². The van der Waals surface area contributed by atoms with Crippen LogP contribution in [0.2, 0.25) is 0 Å². The smallest absolute Gasteiger partial charge is 0.266 e. The summed E-state index contributed by atoms with van der Waals surface area (Å²) < 4.78 is 5.64. The molecule has 1 saturated heterocycles. The van der Waals surface area contributed by atoms with Crippen LogP contribution in [0.15, 0.2) is 52.2 Å². The Balaban J connectivity index is 1.58. The first kappa shape index (κ1) is 16.4. The van der Waals surface area contributed by atoms with Gasteiger partial charge in [-0.25, -0.2) is 0 Å². The van der Waals surface area contributed by atoms with Crippen LogP contribution in [0.3, 0.4) is 0 Å². The first-order valence-corrected chi connectivity index (χ1v) is 8.35. The van der Waals surface area contributed by atoms with Gasteiger partial charge in [0.15, 0.2) is 0 Å². The fourth-order valence-corrected chi connectivity index (χ4v) is 3.36. The van der Waals surface area contributed by atoms with E-state index in [1.165, 1.54) is 22.9 Å². The summed E-state index contributed by atoms with van der Waals surface area (Å²) in [6, 6.07) is 6.98. The molecule has 0 bridgehead atoms. The number of thiocarbonyl (C=S) groups is 1. The lowest BCUT2D eigenvalue weighted by Crippen LogP contribution is -2.31. The Hall–Kier alpha value is -2.45. The Bertz CT molecular complexity index is 788. The Morgan fingerprint density at radius 2 is 2.29 bits per heavy atom. The van der Waals surface area contributed by atoms with E-state index < -0.39 is 0 Å². The highest BCUT2D eigenvalue weighted by Gasteiger charge is 2.32. The molecular formula is C16H13N3O3S2. The van der Waals surface area contributed by atoms with Crippen molar-refractivity contribution >= 4 is 51.9 Å². The number of rotatable bonds is 5. The number of hydrogen-bond donors (Lipinski definition) is 1. The molecule has 3 heterocycles. The molecular weight excluding hydrogens is 346 g/mol. The zero-order chi connectivity index (χ0) is 16.9. The third-order valence-electron chi connectivity index (χ3n) is 3.20. The summed E-state index contributed by atoms with van der Waals surface area (Å²) in [6.45, 7) is 0.228. The zero-order valence-corrected chi connectivity index (χ0v) is 14.1. The Morgan fingerprint density at radius 1 is 1.42 bits per heavy atom. The number of nitrogens with one attached hydrogen (secondary N) is 1. The number of amides is 2. The lowest BCUT2D eigenvalue weighted by molar-refractivity contribution is -0.122. The summed E-state index contributed by atoms with van der Waals surface area (Å²) in [4.78, 5) is 30.2. The van der Waals surface area contributed by atoms with Crippen molar-refractivity contribution in [1.29, 1.82) is 0 Å². The summed E-state index contributed by atoms with van der Waals surface area (Å²) in [7, 11) is 0. The molecule has 1 aliphatic rings. The van der Waals surface area contributed by atoms with Gasteiger partial charge in [0.25, 0.3) is 5.91 Å². The van der Waals surface area contributed by atoms with Gasteiger partial charge in [0.1, 0.15) is 10.1 Å². The number of anilines is 1. The fourth-order valence-electron chi connectivity index (χ4n) is 2.07. The number of carbonyl (C=O) groups is 2. The predicted molar refractivity (Wildman–Crippen MR) is 96.1 cm³/mol. The number of carbonyl (C=O) groups excluding carboxylic acids is 2. The van der Waals surface area contributed by atoms with Gasteiger partial charge in [0.05, 0.1) is 23.1 Å². The summed E-state index contributed by atoms with van der Waals surface area (Å²) in [5, 5.41) is 2.72. The standard InChI is InChI=1S/C16H13N3O3S2/c20-14(18-11-3-1-6-17-10-11)5-7-19-15(21)13(24-16(19)23)9-12-4-2-8-22-12/h1-4,6,8-10H,5,7H2,(H,18,20)/b13-9+. The van der Waals surface area contributed by atoms with Gasteiger partial charge in [-0.05, 0) is 24.3 Å². The minimum absolute atomic E-state index is 0.148. The molecule has 2 aromatic heterocycles. The van der Waals surface area contributed by atoms with Crippen LogP contribution in [0.1, 0.15) is 12.2 Å². The van der Waals surface area contributed by atoms with Crippen molar-refractivity contribution in [3.8, 4) is 0 Å². The molecule has 122 valence electrons. The predicted octanol–water partition coefficient (Wildman–Crippen LogP) is 2.90. The van der Waals surface area contributed by atoms with Gasteiger partial charge in [-0.2, -0.15) is 0 Å². The molecule has 8 heteroatoms. The SMILES string of the molecule is O=C(CCN1C(=O)/C(=C\c2ccco2)SC1=S)Nc1cccnc1. The Kier molecular flexibility index (Phi) is 5.07. The number of nitrogens with zero attached hydrogens (tertiary/aromatic N) is 2. The van der Waals surface area contributed by atoms with Crippen molar-refractivity contribution in [2.75, 3.05) is 11.9 Å². The van der Waals surface area contributed by atoms with Gasteiger partial charge in [-0.3, -0.25) is 19.5 Å². The van der Waals surface area contributed by atoms with E-state index in [2.05, 4.69) is 10.3 Å². The van der Waals surface area contributed by atoms with Crippen LogP contribution in [0.25, 0.3) is 6.08 Å². The quantitative estimate of drug-likeness (QED) is 0.653. The molecule has 0 unspecified atom stereocenters. The highest BCUT2D eigenvalue weighted by Crippen LogP contribution is 2.32. The molecule has 0 radical (unpaired) electrons. The second-order valence-electron chi connectivity index (χ2n) is 4.89. The average molecular weight is 359 g/mol. The van der Waals surface area contributed by atoms with Gasteiger partial charge in [-0.15, -0.1) is 0 Å². The van der Waals surface area contributed by atoms with Gasteiger partial charge >= 0.3 is 0 Å². The van der Waals surface area contributed by atoms with E-state index in [4.69, 9.17) is 16.6 Å². The van der Waals surface area contributed by atoms with Gasteiger partial charge < -0.3 is 9.73 Å². The van der Waals surface area contributed by atoms with E-state index in [1.807, 2.05) is 0 Å².